The largest absolute Gasteiger partial charge is 0.477 e. The molecule has 1 heterocycles. The number of hydrogen-bond acceptors (Lipinski definition) is 3. The van der Waals surface area contributed by atoms with Gasteiger partial charge in [0.15, 0.2) is 6.10 Å². The second-order valence-corrected chi connectivity index (χ2v) is 6.07. The van der Waals surface area contributed by atoms with Crippen molar-refractivity contribution in [3.05, 3.63) is 36.9 Å². The summed E-state index contributed by atoms with van der Waals surface area (Å²) in [5.74, 6) is 0.183. The van der Waals surface area contributed by atoms with Gasteiger partial charge in [-0.15, -0.1) is 0 Å². The van der Waals surface area contributed by atoms with Crippen LogP contribution in [0.3, 0.4) is 0 Å². The molecule has 1 atom stereocenters. The molecule has 5 nitrogen and oxygen atoms in total. The van der Waals surface area contributed by atoms with Crippen molar-refractivity contribution in [2.24, 2.45) is 0 Å². The van der Waals surface area contributed by atoms with E-state index in [4.69, 9.17) is 4.74 Å². The monoisotopic (exact) mass is 314 g/mol. The Morgan fingerprint density at radius 3 is 2.70 bits per heavy atom. The zero-order chi connectivity index (χ0) is 16.2. The van der Waals surface area contributed by atoms with Gasteiger partial charge in [-0.1, -0.05) is 38.0 Å². The minimum Gasteiger partial charge on any atom is -0.477 e. The molecule has 2 amide bonds. The molecule has 1 N–H and O–H groups in total. The van der Waals surface area contributed by atoms with Crippen molar-refractivity contribution in [3.63, 3.8) is 0 Å². The summed E-state index contributed by atoms with van der Waals surface area (Å²) >= 11 is 0. The number of nitrogens with zero attached hydrogens (tertiary/aromatic N) is 1. The summed E-state index contributed by atoms with van der Waals surface area (Å²) in [6, 6.07) is 7.48. The zero-order valence-electron chi connectivity index (χ0n) is 13.2. The number of para-hydroxylation sites is 2. The van der Waals surface area contributed by atoms with Crippen molar-refractivity contribution in [1.29, 1.82) is 0 Å². The highest BCUT2D eigenvalue weighted by atomic mass is 16.5. The topological polar surface area (TPSA) is 58.6 Å². The van der Waals surface area contributed by atoms with E-state index in [2.05, 4.69) is 11.9 Å². The van der Waals surface area contributed by atoms with E-state index in [1.165, 1.54) is 12.5 Å². The van der Waals surface area contributed by atoms with Gasteiger partial charge in [0.05, 0.1) is 12.2 Å². The van der Waals surface area contributed by atoms with E-state index < -0.39 is 6.10 Å². The number of amides is 2. The zero-order valence-corrected chi connectivity index (χ0v) is 13.2. The number of benzene rings is 1. The van der Waals surface area contributed by atoms with Gasteiger partial charge in [-0.2, -0.15) is 0 Å². The van der Waals surface area contributed by atoms with Crippen LogP contribution in [0.25, 0.3) is 0 Å². The maximum Gasteiger partial charge on any atom is 0.263 e. The van der Waals surface area contributed by atoms with E-state index in [1.807, 2.05) is 18.2 Å². The number of carbonyl (C=O) groups excluding carboxylic acids is 2. The third kappa shape index (κ3) is 3.38. The molecule has 1 aliphatic heterocycles. The number of rotatable bonds is 3. The van der Waals surface area contributed by atoms with Crippen molar-refractivity contribution in [3.8, 4) is 5.75 Å². The van der Waals surface area contributed by atoms with Gasteiger partial charge >= 0.3 is 0 Å². The van der Waals surface area contributed by atoms with Crippen molar-refractivity contribution < 1.29 is 14.3 Å². The van der Waals surface area contributed by atoms with E-state index in [0.717, 1.165) is 25.7 Å². The van der Waals surface area contributed by atoms with E-state index in [9.17, 15) is 9.59 Å². The Kier molecular flexibility index (Phi) is 4.65. The highest BCUT2D eigenvalue weighted by Gasteiger charge is 2.33. The van der Waals surface area contributed by atoms with Crippen LogP contribution in [0.4, 0.5) is 5.69 Å². The van der Waals surface area contributed by atoms with Crippen LogP contribution in [-0.4, -0.2) is 30.5 Å². The van der Waals surface area contributed by atoms with Crippen molar-refractivity contribution in [2.75, 3.05) is 11.4 Å². The van der Waals surface area contributed by atoms with Crippen molar-refractivity contribution >= 4 is 17.5 Å². The normalized spacial score (nSPS) is 21.0. The number of hydrogen-bond donors (Lipinski definition) is 1. The molecule has 1 saturated carbocycles. The third-order valence-electron chi connectivity index (χ3n) is 4.46. The fourth-order valence-electron chi connectivity index (χ4n) is 3.23. The second kappa shape index (κ2) is 6.86. The fourth-order valence-corrected chi connectivity index (χ4v) is 3.23. The highest BCUT2D eigenvalue weighted by molar-refractivity contribution is 6.03. The van der Waals surface area contributed by atoms with Crippen LogP contribution in [0.5, 0.6) is 5.75 Å². The first-order valence-corrected chi connectivity index (χ1v) is 8.19. The number of nitrogens with one attached hydrogen (secondary N) is 1. The second-order valence-electron chi connectivity index (χ2n) is 6.07. The van der Waals surface area contributed by atoms with Gasteiger partial charge in [0, 0.05) is 6.04 Å². The van der Waals surface area contributed by atoms with Gasteiger partial charge < -0.3 is 15.0 Å². The number of carbonyl (C=O) groups is 2. The first-order valence-electron chi connectivity index (χ1n) is 8.19. The molecule has 1 aromatic carbocycles. The Bertz CT molecular complexity index is 608. The molecule has 1 fully saturated rings. The number of ether oxygens (including phenoxy) is 1. The Morgan fingerprint density at radius 1 is 1.22 bits per heavy atom. The molecule has 0 bridgehead atoms. The molecule has 0 radical (unpaired) electrons. The molecular weight excluding hydrogens is 292 g/mol. The Balaban J connectivity index is 1.75. The summed E-state index contributed by atoms with van der Waals surface area (Å²) in [5.41, 5.74) is 0.680. The van der Waals surface area contributed by atoms with Gasteiger partial charge in [0.1, 0.15) is 5.75 Å². The van der Waals surface area contributed by atoms with Crippen molar-refractivity contribution in [2.45, 2.75) is 44.2 Å². The Labute approximate surface area is 136 Å². The Morgan fingerprint density at radius 2 is 1.96 bits per heavy atom. The lowest BCUT2D eigenvalue weighted by atomic mass is 9.95. The highest BCUT2D eigenvalue weighted by Crippen LogP contribution is 2.33. The first-order chi connectivity index (χ1) is 11.2. The maximum atomic E-state index is 12.5. The van der Waals surface area contributed by atoms with Crippen LogP contribution in [0.1, 0.15) is 32.1 Å². The molecule has 3 rings (SSSR count). The number of fused-ring (bicyclic) bond motifs is 1. The van der Waals surface area contributed by atoms with Crippen LogP contribution in [0.2, 0.25) is 0 Å². The standard InChI is InChI=1S/C18H22N2O3/c1-2-17(21)20-12-16(23-15-11-7-6-10-14(15)20)18(22)19-13-8-4-3-5-9-13/h2,6-7,10-11,13,16H,1,3-5,8-9,12H2,(H,19,22). The lowest BCUT2D eigenvalue weighted by molar-refractivity contribution is -0.129. The molecule has 0 aromatic heterocycles. The van der Waals surface area contributed by atoms with Crippen LogP contribution >= 0.6 is 0 Å². The van der Waals surface area contributed by atoms with Gasteiger partial charge in [0.25, 0.3) is 11.8 Å². The van der Waals surface area contributed by atoms with Crippen molar-refractivity contribution in [1.82, 2.24) is 5.32 Å². The minimum absolute atomic E-state index is 0.145. The molecule has 0 saturated heterocycles. The Hall–Kier alpha value is -2.30. The molecule has 122 valence electrons. The van der Waals surface area contributed by atoms with Gasteiger partial charge in [-0.3, -0.25) is 9.59 Å². The van der Waals surface area contributed by atoms with E-state index in [0.29, 0.717) is 11.4 Å². The molecule has 2 aliphatic rings. The van der Waals surface area contributed by atoms with Gasteiger partial charge in [-0.25, -0.2) is 0 Å². The van der Waals surface area contributed by atoms with E-state index in [-0.39, 0.29) is 24.4 Å². The summed E-state index contributed by atoms with van der Waals surface area (Å²) in [6.45, 7) is 3.75. The fraction of sp³-hybridized carbons (Fsp3) is 0.444. The summed E-state index contributed by atoms with van der Waals surface area (Å²) in [4.78, 5) is 26.2. The van der Waals surface area contributed by atoms with Crippen LogP contribution in [0, 0.1) is 0 Å². The third-order valence-corrected chi connectivity index (χ3v) is 4.46. The van der Waals surface area contributed by atoms with E-state index in [1.54, 1.807) is 11.0 Å². The minimum atomic E-state index is -0.685. The quantitative estimate of drug-likeness (QED) is 0.872. The number of anilines is 1. The smallest absolute Gasteiger partial charge is 0.263 e. The molecule has 23 heavy (non-hydrogen) atoms. The lowest BCUT2D eigenvalue weighted by Gasteiger charge is -2.34. The average Bonchev–Trinajstić information content (AvgIpc) is 2.61. The van der Waals surface area contributed by atoms with Gasteiger partial charge in [-0.05, 0) is 31.1 Å². The molecule has 1 aliphatic carbocycles. The van der Waals surface area contributed by atoms with Crippen LogP contribution in [0.15, 0.2) is 36.9 Å². The first kappa shape index (κ1) is 15.6. The molecule has 0 spiro atoms. The summed E-state index contributed by atoms with van der Waals surface area (Å²) in [7, 11) is 0. The SMILES string of the molecule is C=CC(=O)N1CC(C(=O)NC2CCCCC2)Oc2ccccc21. The summed E-state index contributed by atoms with van der Waals surface area (Å²) in [6.07, 6.45) is 6.16. The average molecular weight is 314 g/mol. The molecule has 1 aromatic rings. The summed E-state index contributed by atoms with van der Waals surface area (Å²) < 4.78 is 5.82. The lowest BCUT2D eigenvalue weighted by Crippen LogP contribution is -2.52. The predicted octanol–water partition coefficient (Wildman–Crippen LogP) is 2.42. The molecule has 5 heteroatoms. The van der Waals surface area contributed by atoms with Gasteiger partial charge in [0.2, 0.25) is 0 Å². The molecule has 1 unspecified atom stereocenters. The van der Waals surface area contributed by atoms with Crippen LogP contribution in [-0.2, 0) is 9.59 Å². The maximum absolute atomic E-state index is 12.5. The van der Waals surface area contributed by atoms with E-state index >= 15 is 0 Å². The molecular formula is C18H22N2O3. The van der Waals surface area contributed by atoms with Crippen LogP contribution < -0.4 is 15.0 Å². The summed E-state index contributed by atoms with van der Waals surface area (Å²) in [5, 5.41) is 3.07. The predicted molar refractivity (Wildman–Crippen MR) is 88.4 cm³/mol.